The van der Waals surface area contributed by atoms with Gasteiger partial charge >= 0.3 is 0 Å². The second-order valence-electron chi connectivity index (χ2n) is 7.50. The Balaban J connectivity index is 1.70. The molecule has 0 saturated heterocycles. The van der Waals surface area contributed by atoms with E-state index in [-0.39, 0.29) is 5.91 Å². The second kappa shape index (κ2) is 9.24. The van der Waals surface area contributed by atoms with Gasteiger partial charge in [0.25, 0.3) is 5.91 Å². The summed E-state index contributed by atoms with van der Waals surface area (Å²) in [5.41, 5.74) is 4.46. The van der Waals surface area contributed by atoms with Gasteiger partial charge in [-0.05, 0) is 55.8 Å². The van der Waals surface area contributed by atoms with Crippen molar-refractivity contribution in [2.45, 2.75) is 26.4 Å². The summed E-state index contributed by atoms with van der Waals surface area (Å²) >= 11 is 0. The van der Waals surface area contributed by atoms with Gasteiger partial charge in [-0.3, -0.25) is 4.79 Å². The lowest BCUT2D eigenvalue weighted by Crippen LogP contribution is -2.30. The number of carbonyl (C=O) groups excluding carboxylic acids is 1. The summed E-state index contributed by atoms with van der Waals surface area (Å²) in [6, 6.07) is 22.1. The van der Waals surface area contributed by atoms with Crippen molar-refractivity contribution in [1.82, 2.24) is 4.98 Å². The molecule has 0 bridgehead atoms. The van der Waals surface area contributed by atoms with Gasteiger partial charge in [0.2, 0.25) is 0 Å². The Morgan fingerprint density at radius 2 is 1.59 bits per heavy atom. The summed E-state index contributed by atoms with van der Waals surface area (Å²) < 4.78 is 0. The van der Waals surface area contributed by atoms with E-state index in [4.69, 9.17) is 0 Å². The van der Waals surface area contributed by atoms with Crippen molar-refractivity contribution < 1.29 is 4.79 Å². The second-order valence-corrected chi connectivity index (χ2v) is 7.50. The Kier molecular flexibility index (Phi) is 6.50. The van der Waals surface area contributed by atoms with E-state index >= 15 is 0 Å². The number of rotatable bonds is 7. The van der Waals surface area contributed by atoms with Crippen molar-refractivity contribution in [1.29, 1.82) is 0 Å². The zero-order valence-corrected chi connectivity index (χ0v) is 17.5. The normalized spacial score (nSPS) is 10.7. The SMILES string of the molecule is CC(C)N(Cc1ccccc1)c1ccc(C(=O)Nc2ccc(N(C)C)cc2)nc1. The summed E-state index contributed by atoms with van der Waals surface area (Å²) in [5, 5.41) is 2.90. The minimum Gasteiger partial charge on any atom is -0.378 e. The van der Waals surface area contributed by atoms with Crippen molar-refractivity contribution in [2.24, 2.45) is 0 Å². The molecule has 0 fully saturated rings. The lowest BCUT2D eigenvalue weighted by atomic mass is 10.1. The monoisotopic (exact) mass is 388 g/mol. The first-order chi connectivity index (χ1) is 13.9. The van der Waals surface area contributed by atoms with Crippen molar-refractivity contribution in [3.05, 3.63) is 84.2 Å². The predicted octanol–water partition coefficient (Wildman–Crippen LogP) is 4.81. The number of hydrogen-bond donors (Lipinski definition) is 1. The molecule has 1 amide bonds. The van der Waals surface area contributed by atoms with Crippen LogP contribution >= 0.6 is 0 Å². The number of aromatic nitrogens is 1. The molecule has 0 radical (unpaired) electrons. The predicted molar refractivity (Wildman–Crippen MR) is 121 cm³/mol. The average Bonchev–Trinajstić information content (AvgIpc) is 2.73. The van der Waals surface area contributed by atoms with Crippen LogP contribution in [0.25, 0.3) is 0 Å². The van der Waals surface area contributed by atoms with E-state index in [1.54, 1.807) is 12.3 Å². The molecule has 0 atom stereocenters. The average molecular weight is 389 g/mol. The fourth-order valence-corrected chi connectivity index (χ4v) is 3.08. The van der Waals surface area contributed by atoms with Gasteiger partial charge in [0.15, 0.2) is 0 Å². The molecule has 2 aromatic carbocycles. The zero-order valence-electron chi connectivity index (χ0n) is 17.5. The highest BCUT2D eigenvalue weighted by Crippen LogP contribution is 2.20. The molecule has 0 aliphatic rings. The van der Waals surface area contributed by atoms with E-state index in [1.807, 2.05) is 67.5 Å². The minimum atomic E-state index is -0.215. The molecule has 3 rings (SSSR count). The highest BCUT2D eigenvalue weighted by atomic mass is 16.1. The molecule has 0 aliphatic carbocycles. The maximum Gasteiger partial charge on any atom is 0.274 e. The summed E-state index contributed by atoms with van der Waals surface area (Å²) in [6.45, 7) is 5.10. The van der Waals surface area contributed by atoms with Gasteiger partial charge in [-0.1, -0.05) is 30.3 Å². The van der Waals surface area contributed by atoms with E-state index < -0.39 is 0 Å². The van der Waals surface area contributed by atoms with Crippen LogP contribution < -0.4 is 15.1 Å². The third-order valence-electron chi connectivity index (χ3n) is 4.77. The molecule has 1 N–H and O–H groups in total. The number of carbonyl (C=O) groups is 1. The third-order valence-corrected chi connectivity index (χ3v) is 4.77. The largest absolute Gasteiger partial charge is 0.378 e. The first-order valence-electron chi connectivity index (χ1n) is 9.79. The van der Waals surface area contributed by atoms with Crippen LogP contribution in [0.2, 0.25) is 0 Å². The Morgan fingerprint density at radius 1 is 0.931 bits per heavy atom. The van der Waals surface area contributed by atoms with Gasteiger partial charge in [-0.15, -0.1) is 0 Å². The number of pyridine rings is 1. The van der Waals surface area contributed by atoms with Crippen LogP contribution in [0.1, 0.15) is 29.9 Å². The standard InChI is InChI=1S/C24H28N4O/c1-18(2)28(17-19-8-6-5-7-9-19)22-14-15-23(25-16-22)24(29)26-20-10-12-21(13-11-20)27(3)4/h5-16,18H,17H2,1-4H3,(H,26,29). The zero-order chi connectivity index (χ0) is 20.8. The van der Waals surface area contributed by atoms with Gasteiger partial charge in [-0.25, -0.2) is 4.98 Å². The van der Waals surface area contributed by atoms with Crippen LogP contribution in [0.15, 0.2) is 72.9 Å². The molecule has 0 aliphatic heterocycles. The van der Waals surface area contributed by atoms with Gasteiger partial charge in [0, 0.05) is 38.1 Å². The van der Waals surface area contributed by atoms with Gasteiger partial charge in [0.1, 0.15) is 5.69 Å². The number of benzene rings is 2. The molecule has 29 heavy (non-hydrogen) atoms. The Morgan fingerprint density at radius 3 is 2.14 bits per heavy atom. The van der Waals surface area contributed by atoms with Crippen molar-refractivity contribution in [3.63, 3.8) is 0 Å². The smallest absolute Gasteiger partial charge is 0.274 e. The van der Waals surface area contributed by atoms with Crippen molar-refractivity contribution in [3.8, 4) is 0 Å². The van der Waals surface area contributed by atoms with Crippen molar-refractivity contribution in [2.75, 3.05) is 29.2 Å². The number of hydrogen-bond acceptors (Lipinski definition) is 4. The third kappa shape index (κ3) is 5.35. The quantitative estimate of drug-likeness (QED) is 0.631. The molecule has 3 aromatic rings. The van der Waals surface area contributed by atoms with Crippen LogP contribution in [-0.4, -0.2) is 31.0 Å². The minimum absolute atomic E-state index is 0.215. The van der Waals surface area contributed by atoms with Crippen LogP contribution in [0, 0.1) is 0 Å². The number of anilines is 3. The molecule has 0 spiro atoms. The van der Waals surface area contributed by atoms with Crippen LogP contribution in [0.4, 0.5) is 17.1 Å². The highest BCUT2D eigenvalue weighted by molar-refractivity contribution is 6.03. The number of amides is 1. The van der Waals surface area contributed by atoms with E-state index in [2.05, 4.69) is 41.2 Å². The van der Waals surface area contributed by atoms with Gasteiger partial charge in [-0.2, -0.15) is 0 Å². The van der Waals surface area contributed by atoms with E-state index in [0.717, 1.165) is 23.6 Å². The molecule has 1 heterocycles. The lowest BCUT2D eigenvalue weighted by molar-refractivity contribution is 0.102. The molecule has 5 nitrogen and oxygen atoms in total. The molecule has 1 aromatic heterocycles. The molecular weight excluding hydrogens is 360 g/mol. The maximum atomic E-state index is 12.5. The van der Waals surface area contributed by atoms with E-state index in [9.17, 15) is 4.79 Å². The molecule has 150 valence electrons. The Hall–Kier alpha value is -3.34. The Labute approximate surface area is 173 Å². The fourth-order valence-electron chi connectivity index (χ4n) is 3.08. The van der Waals surface area contributed by atoms with Gasteiger partial charge < -0.3 is 15.1 Å². The summed E-state index contributed by atoms with van der Waals surface area (Å²) in [6.07, 6.45) is 1.77. The Bertz CT molecular complexity index is 919. The lowest BCUT2D eigenvalue weighted by Gasteiger charge is -2.29. The van der Waals surface area contributed by atoms with E-state index in [0.29, 0.717) is 11.7 Å². The number of nitrogens with one attached hydrogen (secondary N) is 1. The first kappa shape index (κ1) is 20.4. The molecule has 5 heteroatoms. The van der Waals surface area contributed by atoms with Crippen LogP contribution in [0.5, 0.6) is 0 Å². The van der Waals surface area contributed by atoms with Crippen LogP contribution in [0.3, 0.4) is 0 Å². The summed E-state index contributed by atoms with van der Waals surface area (Å²) in [7, 11) is 3.97. The van der Waals surface area contributed by atoms with Crippen molar-refractivity contribution >= 4 is 23.0 Å². The molecular formula is C24H28N4O. The number of nitrogens with zero attached hydrogens (tertiary/aromatic N) is 3. The topological polar surface area (TPSA) is 48.5 Å². The maximum absolute atomic E-state index is 12.5. The highest BCUT2D eigenvalue weighted by Gasteiger charge is 2.14. The first-order valence-corrected chi connectivity index (χ1v) is 9.79. The van der Waals surface area contributed by atoms with Crippen LogP contribution in [-0.2, 0) is 6.54 Å². The molecule has 0 saturated carbocycles. The molecule has 0 unspecified atom stereocenters. The summed E-state index contributed by atoms with van der Waals surface area (Å²) in [5.74, 6) is -0.215. The summed E-state index contributed by atoms with van der Waals surface area (Å²) in [4.78, 5) is 21.2. The van der Waals surface area contributed by atoms with Gasteiger partial charge in [0.05, 0.1) is 11.9 Å². The fraction of sp³-hybridized carbons (Fsp3) is 0.250. The van der Waals surface area contributed by atoms with E-state index in [1.165, 1.54) is 5.56 Å².